The molecular weight excluding hydrogens is 302 g/mol. The van der Waals surface area contributed by atoms with E-state index in [0.29, 0.717) is 17.1 Å². The van der Waals surface area contributed by atoms with Crippen molar-refractivity contribution >= 4 is 5.91 Å². The van der Waals surface area contributed by atoms with Crippen molar-refractivity contribution in [1.29, 1.82) is 0 Å². The van der Waals surface area contributed by atoms with Gasteiger partial charge in [-0.1, -0.05) is 24.3 Å². The second-order valence-electron chi connectivity index (χ2n) is 6.09. The van der Waals surface area contributed by atoms with Crippen molar-refractivity contribution in [3.05, 3.63) is 59.2 Å². The topological polar surface area (TPSA) is 38.8 Å². The van der Waals surface area contributed by atoms with Gasteiger partial charge in [-0.25, -0.2) is 0 Å². The second-order valence-corrected chi connectivity index (χ2v) is 6.09. The molecule has 1 amide bonds. The Hall–Kier alpha value is -2.49. The van der Waals surface area contributed by atoms with Gasteiger partial charge >= 0.3 is 0 Å². The fourth-order valence-electron chi connectivity index (χ4n) is 3.45. The Labute approximate surface area is 143 Å². The van der Waals surface area contributed by atoms with Crippen molar-refractivity contribution in [2.24, 2.45) is 0 Å². The van der Waals surface area contributed by atoms with Gasteiger partial charge in [-0.15, -0.1) is 0 Å². The van der Waals surface area contributed by atoms with Crippen molar-refractivity contribution in [2.45, 2.75) is 25.3 Å². The Morgan fingerprint density at radius 3 is 2.58 bits per heavy atom. The van der Waals surface area contributed by atoms with Crippen LogP contribution in [0.1, 0.15) is 40.4 Å². The van der Waals surface area contributed by atoms with Crippen LogP contribution in [0.25, 0.3) is 0 Å². The first kappa shape index (κ1) is 16.4. The monoisotopic (exact) mass is 325 g/mol. The predicted octanol–water partition coefficient (Wildman–Crippen LogP) is 3.85. The first-order valence-electron chi connectivity index (χ1n) is 8.22. The van der Waals surface area contributed by atoms with Gasteiger partial charge in [0.2, 0.25) is 0 Å². The van der Waals surface area contributed by atoms with Gasteiger partial charge in [0.15, 0.2) is 11.5 Å². The largest absolute Gasteiger partial charge is 0.493 e. The van der Waals surface area contributed by atoms with E-state index >= 15 is 0 Å². The average molecular weight is 325 g/mol. The molecule has 4 heteroatoms. The normalized spacial score (nSPS) is 16.2. The third kappa shape index (κ3) is 2.96. The number of fused-ring (bicyclic) bond motifs is 1. The van der Waals surface area contributed by atoms with Gasteiger partial charge in [0.05, 0.1) is 20.3 Å². The maximum Gasteiger partial charge on any atom is 0.254 e. The molecule has 2 aromatic rings. The minimum atomic E-state index is -0.00217. The standard InChI is InChI=1S/C20H23NO3/c1-21(17-10-6-8-14-7-4-5-9-16(14)17)20(22)15-11-12-18(23-2)19(13-15)24-3/h4-5,7,9,11-13,17H,6,8,10H2,1-3H3. The fraction of sp³-hybridized carbons (Fsp3) is 0.350. The average Bonchev–Trinajstić information content (AvgIpc) is 2.65. The number of hydrogen-bond acceptors (Lipinski definition) is 3. The summed E-state index contributed by atoms with van der Waals surface area (Å²) in [6, 6.07) is 13.8. The quantitative estimate of drug-likeness (QED) is 0.857. The molecule has 1 aliphatic carbocycles. The summed E-state index contributed by atoms with van der Waals surface area (Å²) in [4.78, 5) is 14.8. The summed E-state index contributed by atoms with van der Waals surface area (Å²) in [5.74, 6) is 1.19. The van der Waals surface area contributed by atoms with E-state index in [-0.39, 0.29) is 11.9 Å². The van der Waals surface area contributed by atoms with E-state index in [9.17, 15) is 4.79 Å². The number of carbonyl (C=O) groups excluding carboxylic acids is 1. The highest BCUT2D eigenvalue weighted by Crippen LogP contribution is 2.35. The van der Waals surface area contributed by atoms with E-state index in [2.05, 4.69) is 18.2 Å². The molecule has 24 heavy (non-hydrogen) atoms. The van der Waals surface area contributed by atoms with Gasteiger partial charge in [0.25, 0.3) is 5.91 Å². The number of nitrogens with zero attached hydrogens (tertiary/aromatic N) is 1. The molecule has 0 radical (unpaired) electrons. The molecule has 3 rings (SSSR count). The van der Waals surface area contributed by atoms with Gasteiger partial charge in [-0.05, 0) is 48.6 Å². The van der Waals surface area contributed by atoms with Crippen LogP contribution in [0.15, 0.2) is 42.5 Å². The van der Waals surface area contributed by atoms with Crippen molar-refractivity contribution in [1.82, 2.24) is 4.90 Å². The predicted molar refractivity (Wildman–Crippen MR) is 93.8 cm³/mol. The molecule has 0 N–H and O–H groups in total. The summed E-state index contributed by atoms with van der Waals surface area (Å²) in [6.45, 7) is 0. The van der Waals surface area contributed by atoms with Crippen molar-refractivity contribution in [2.75, 3.05) is 21.3 Å². The molecule has 0 heterocycles. The lowest BCUT2D eigenvalue weighted by Gasteiger charge is -2.33. The highest BCUT2D eigenvalue weighted by Gasteiger charge is 2.27. The molecular formula is C20H23NO3. The number of carbonyl (C=O) groups is 1. The summed E-state index contributed by atoms with van der Waals surface area (Å²) < 4.78 is 10.6. The van der Waals surface area contributed by atoms with E-state index in [1.165, 1.54) is 11.1 Å². The zero-order chi connectivity index (χ0) is 17.1. The molecule has 0 aliphatic heterocycles. The Balaban J connectivity index is 1.88. The minimum absolute atomic E-state index is 0.00217. The number of benzene rings is 2. The van der Waals surface area contributed by atoms with E-state index in [0.717, 1.165) is 19.3 Å². The van der Waals surface area contributed by atoms with E-state index < -0.39 is 0 Å². The van der Waals surface area contributed by atoms with E-state index in [4.69, 9.17) is 9.47 Å². The summed E-state index contributed by atoms with van der Waals surface area (Å²) in [5, 5.41) is 0. The number of amides is 1. The number of methoxy groups -OCH3 is 2. The smallest absolute Gasteiger partial charge is 0.254 e. The van der Waals surface area contributed by atoms with Gasteiger partial charge in [-0.3, -0.25) is 4.79 Å². The molecule has 2 aromatic carbocycles. The molecule has 1 atom stereocenters. The summed E-state index contributed by atoms with van der Waals surface area (Å²) in [7, 11) is 5.05. The lowest BCUT2D eigenvalue weighted by Crippen LogP contribution is -2.33. The molecule has 0 spiro atoms. The zero-order valence-corrected chi connectivity index (χ0v) is 14.4. The fourth-order valence-corrected chi connectivity index (χ4v) is 3.45. The van der Waals surface area contributed by atoms with Gasteiger partial charge in [0.1, 0.15) is 0 Å². The van der Waals surface area contributed by atoms with Gasteiger partial charge in [0, 0.05) is 12.6 Å². The molecule has 0 aromatic heterocycles. The van der Waals surface area contributed by atoms with Crippen LogP contribution in [0.4, 0.5) is 0 Å². The SMILES string of the molecule is COc1ccc(C(=O)N(C)C2CCCc3ccccc32)cc1OC. The maximum atomic E-state index is 13.0. The first-order chi connectivity index (χ1) is 11.7. The van der Waals surface area contributed by atoms with Crippen LogP contribution >= 0.6 is 0 Å². The molecule has 4 nitrogen and oxygen atoms in total. The second kappa shape index (κ2) is 6.95. The molecule has 126 valence electrons. The van der Waals surface area contributed by atoms with Crippen molar-refractivity contribution in [3.8, 4) is 11.5 Å². The van der Waals surface area contributed by atoms with Crippen molar-refractivity contribution in [3.63, 3.8) is 0 Å². The number of ether oxygens (including phenoxy) is 2. The first-order valence-corrected chi connectivity index (χ1v) is 8.22. The Morgan fingerprint density at radius 1 is 1.08 bits per heavy atom. The molecule has 0 bridgehead atoms. The number of rotatable bonds is 4. The van der Waals surface area contributed by atoms with Crippen LogP contribution in [0.2, 0.25) is 0 Å². The Morgan fingerprint density at radius 2 is 1.83 bits per heavy atom. The van der Waals surface area contributed by atoms with Crippen molar-refractivity contribution < 1.29 is 14.3 Å². The van der Waals surface area contributed by atoms with Gasteiger partial charge in [-0.2, -0.15) is 0 Å². The molecule has 1 aliphatic rings. The number of aryl methyl sites for hydroxylation is 1. The molecule has 1 unspecified atom stereocenters. The minimum Gasteiger partial charge on any atom is -0.493 e. The third-order valence-corrected chi connectivity index (χ3v) is 4.76. The summed E-state index contributed by atoms with van der Waals surface area (Å²) in [6.07, 6.45) is 3.18. The Kier molecular flexibility index (Phi) is 4.74. The third-order valence-electron chi connectivity index (χ3n) is 4.76. The number of hydrogen-bond donors (Lipinski definition) is 0. The lowest BCUT2D eigenvalue weighted by atomic mass is 9.87. The maximum absolute atomic E-state index is 13.0. The summed E-state index contributed by atoms with van der Waals surface area (Å²) in [5.41, 5.74) is 3.22. The Bertz CT molecular complexity index is 741. The van der Waals surface area contributed by atoms with E-state index in [1.54, 1.807) is 32.4 Å². The van der Waals surface area contributed by atoms with Crippen LogP contribution in [0.3, 0.4) is 0 Å². The van der Waals surface area contributed by atoms with Crippen LogP contribution < -0.4 is 9.47 Å². The highest BCUT2D eigenvalue weighted by molar-refractivity contribution is 5.95. The van der Waals surface area contributed by atoms with Crippen LogP contribution in [0.5, 0.6) is 11.5 Å². The molecule has 0 saturated carbocycles. The molecule has 0 saturated heterocycles. The van der Waals surface area contributed by atoms with Crippen LogP contribution in [-0.4, -0.2) is 32.1 Å². The van der Waals surface area contributed by atoms with Crippen LogP contribution in [-0.2, 0) is 6.42 Å². The van der Waals surface area contributed by atoms with Crippen LogP contribution in [0, 0.1) is 0 Å². The van der Waals surface area contributed by atoms with E-state index in [1.807, 2.05) is 18.0 Å². The lowest BCUT2D eigenvalue weighted by molar-refractivity contribution is 0.0714. The zero-order valence-electron chi connectivity index (χ0n) is 14.4. The highest BCUT2D eigenvalue weighted by atomic mass is 16.5. The summed E-state index contributed by atoms with van der Waals surface area (Å²) >= 11 is 0. The van der Waals surface area contributed by atoms with Gasteiger partial charge < -0.3 is 14.4 Å². The molecule has 0 fully saturated rings.